The van der Waals surface area contributed by atoms with Crippen LogP contribution in [-0.2, 0) is 4.79 Å². The molecule has 102 valence electrons. The van der Waals surface area contributed by atoms with Gasteiger partial charge in [-0.3, -0.25) is 4.79 Å². The second-order valence-corrected chi connectivity index (χ2v) is 6.64. The summed E-state index contributed by atoms with van der Waals surface area (Å²) in [4.78, 5) is 14.5. The van der Waals surface area contributed by atoms with Gasteiger partial charge in [-0.2, -0.15) is 0 Å². The lowest BCUT2D eigenvalue weighted by Gasteiger charge is -2.22. The SMILES string of the molecule is CSC1(C(=O)N2CCC(Nc3ccccc3)C2)CC1. The predicted octanol–water partition coefficient (Wildman–Crippen LogP) is 2.60. The number of carbonyl (C=O) groups excluding carboxylic acids is 1. The van der Waals surface area contributed by atoms with E-state index < -0.39 is 0 Å². The Bertz CT molecular complexity index is 458. The molecule has 1 aromatic carbocycles. The minimum absolute atomic E-state index is 0.0678. The number of rotatable bonds is 4. The predicted molar refractivity (Wildman–Crippen MR) is 80.5 cm³/mol. The fourth-order valence-corrected chi connectivity index (χ4v) is 3.55. The van der Waals surface area contributed by atoms with Crippen molar-refractivity contribution in [2.24, 2.45) is 0 Å². The monoisotopic (exact) mass is 276 g/mol. The zero-order valence-corrected chi connectivity index (χ0v) is 12.1. The van der Waals surface area contributed by atoms with Gasteiger partial charge in [-0.05, 0) is 37.7 Å². The van der Waals surface area contributed by atoms with Crippen molar-refractivity contribution in [3.05, 3.63) is 30.3 Å². The Labute approximate surface area is 118 Å². The van der Waals surface area contributed by atoms with Gasteiger partial charge in [0.15, 0.2) is 0 Å². The number of hydrogen-bond donors (Lipinski definition) is 1. The summed E-state index contributed by atoms with van der Waals surface area (Å²) in [6.45, 7) is 1.74. The Morgan fingerprint density at radius 2 is 2.11 bits per heavy atom. The third-order valence-corrected chi connectivity index (χ3v) is 5.47. The van der Waals surface area contributed by atoms with Crippen molar-refractivity contribution < 1.29 is 4.79 Å². The van der Waals surface area contributed by atoms with Crippen LogP contribution in [0.1, 0.15) is 19.3 Å². The van der Waals surface area contributed by atoms with Gasteiger partial charge in [0.1, 0.15) is 0 Å². The van der Waals surface area contributed by atoms with E-state index in [1.165, 1.54) is 0 Å². The van der Waals surface area contributed by atoms with Crippen molar-refractivity contribution in [3.63, 3.8) is 0 Å². The van der Waals surface area contributed by atoms with Gasteiger partial charge in [-0.1, -0.05) is 18.2 Å². The van der Waals surface area contributed by atoms with E-state index >= 15 is 0 Å². The van der Waals surface area contributed by atoms with Gasteiger partial charge < -0.3 is 10.2 Å². The number of likely N-dealkylation sites (tertiary alicyclic amines) is 1. The van der Waals surface area contributed by atoms with Gasteiger partial charge in [-0.15, -0.1) is 11.8 Å². The van der Waals surface area contributed by atoms with E-state index in [0.717, 1.165) is 38.0 Å². The molecule has 19 heavy (non-hydrogen) atoms. The van der Waals surface area contributed by atoms with E-state index in [9.17, 15) is 4.79 Å². The van der Waals surface area contributed by atoms with Crippen molar-refractivity contribution in [3.8, 4) is 0 Å². The molecule has 1 saturated heterocycles. The first kappa shape index (κ1) is 12.9. The van der Waals surface area contributed by atoms with Crippen LogP contribution in [0.15, 0.2) is 30.3 Å². The van der Waals surface area contributed by atoms with E-state index in [0.29, 0.717) is 11.9 Å². The number of para-hydroxylation sites is 1. The summed E-state index contributed by atoms with van der Waals surface area (Å²) in [5.74, 6) is 0.359. The van der Waals surface area contributed by atoms with E-state index in [4.69, 9.17) is 0 Å². The van der Waals surface area contributed by atoms with Gasteiger partial charge in [0, 0.05) is 24.8 Å². The van der Waals surface area contributed by atoms with Gasteiger partial charge >= 0.3 is 0 Å². The van der Waals surface area contributed by atoms with Crippen LogP contribution < -0.4 is 5.32 Å². The second kappa shape index (κ2) is 5.08. The largest absolute Gasteiger partial charge is 0.380 e. The molecule has 0 spiro atoms. The van der Waals surface area contributed by atoms with E-state index in [2.05, 4.69) is 23.7 Å². The normalized spacial score (nSPS) is 24.3. The first-order chi connectivity index (χ1) is 9.23. The number of amides is 1. The highest BCUT2D eigenvalue weighted by atomic mass is 32.2. The number of carbonyl (C=O) groups is 1. The molecule has 1 N–H and O–H groups in total. The molecule has 2 aliphatic rings. The fraction of sp³-hybridized carbons (Fsp3) is 0.533. The Kier molecular flexibility index (Phi) is 3.44. The molecule has 1 aliphatic heterocycles. The average Bonchev–Trinajstić information content (AvgIpc) is 3.12. The van der Waals surface area contributed by atoms with E-state index in [1.54, 1.807) is 11.8 Å². The van der Waals surface area contributed by atoms with Crippen LogP contribution in [0, 0.1) is 0 Å². The molecule has 2 fully saturated rings. The van der Waals surface area contributed by atoms with Gasteiger partial charge in [0.05, 0.1) is 4.75 Å². The maximum atomic E-state index is 12.4. The van der Waals surface area contributed by atoms with Gasteiger partial charge in [0.2, 0.25) is 5.91 Å². The lowest BCUT2D eigenvalue weighted by atomic mass is 10.2. The Morgan fingerprint density at radius 1 is 1.37 bits per heavy atom. The third kappa shape index (κ3) is 2.59. The number of nitrogens with one attached hydrogen (secondary N) is 1. The average molecular weight is 276 g/mol. The van der Waals surface area contributed by atoms with Crippen LogP contribution in [0.2, 0.25) is 0 Å². The lowest BCUT2D eigenvalue weighted by molar-refractivity contribution is -0.130. The van der Waals surface area contributed by atoms with Crippen LogP contribution in [0.3, 0.4) is 0 Å². The van der Waals surface area contributed by atoms with Crippen LogP contribution >= 0.6 is 11.8 Å². The summed E-state index contributed by atoms with van der Waals surface area (Å²) in [5, 5.41) is 3.51. The quantitative estimate of drug-likeness (QED) is 0.917. The molecule has 1 atom stereocenters. The fourth-order valence-electron chi connectivity index (χ4n) is 2.74. The summed E-state index contributed by atoms with van der Waals surface area (Å²) in [6, 6.07) is 10.6. The topological polar surface area (TPSA) is 32.3 Å². The summed E-state index contributed by atoms with van der Waals surface area (Å²) >= 11 is 1.73. The number of nitrogens with zero attached hydrogens (tertiary/aromatic N) is 1. The van der Waals surface area contributed by atoms with Crippen molar-refractivity contribution in [1.29, 1.82) is 0 Å². The smallest absolute Gasteiger partial charge is 0.238 e. The number of hydrogen-bond acceptors (Lipinski definition) is 3. The summed E-state index contributed by atoms with van der Waals surface area (Å²) in [5.41, 5.74) is 1.15. The number of thioether (sulfide) groups is 1. The van der Waals surface area contributed by atoms with Crippen molar-refractivity contribution in [2.75, 3.05) is 24.7 Å². The van der Waals surface area contributed by atoms with Crippen LogP contribution in [0.25, 0.3) is 0 Å². The maximum Gasteiger partial charge on any atom is 0.238 e. The standard InChI is InChI=1S/C15H20N2OS/c1-19-15(8-9-15)14(18)17-10-7-13(11-17)16-12-5-3-2-4-6-12/h2-6,13,16H,7-11H2,1H3. The van der Waals surface area contributed by atoms with Gasteiger partial charge in [-0.25, -0.2) is 0 Å². The highest BCUT2D eigenvalue weighted by Crippen LogP contribution is 2.48. The third-order valence-electron chi connectivity index (χ3n) is 4.10. The summed E-state index contributed by atoms with van der Waals surface area (Å²) in [6.07, 6.45) is 5.21. The first-order valence-electron chi connectivity index (χ1n) is 6.90. The van der Waals surface area contributed by atoms with Crippen LogP contribution in [0.4, 0.5) is 5.69 Å². The lowest BCUT2D eigenvalue weighted by Crippen LogP contribution is -2.38. The molecule has 1 amide bonds. The molecule has 1 aliphatic carbocycles. The Balaban J connectivity index is 1.57. The molecule has 1 heterocycles. The minimum Gasteiger partial charge on any atom is -0.380 e. The maximum absolute atomic E-state index is 12.4. The zero-order chi connectivity index (χ0) is 13.3. The molecular formula is C15H20N2OS. The minimum atomic E-state index is -0.0678. The molecule has 4 heteroatoms. The molecular weight excluding hydrogens is 256 g/mol. The summed E-state index contributed by atoms with van der Waals surface area (Å²) in [7, 11) is 0. The Morgan fingerprint density at radius 3 is 2.74 bits per heavy atom. The van der Waals surface area contributed by atoms with E-state index in [-0.39, 0.29) is 4.75 Å². The second-order valence-electron chi connectivity index (χ2n) is 5.45. The molecule has 0 bridgehead atoms. The Hall–Kier alpha value is -1.16. The van der Waals surface area contributed by atoms with Gasteiger partial charge in [0.25, 0.3) is 0 Å². The first-order valence-corrected chi connectivity index (χ1v) is 8.12. The molecule has 1 saturated carbocycles. The molecule has 0 aromatic heterocycles. The van der Waals surface area contributed by atoms with E-state index in [1.807, 2.05) is 23.1 Å². The number of anilines is 1. The zero-order valence-electron chi connectivity index (χ0n) is 11.3. The molecule has 0 radical (unpaired) electrons. The van der Waals surface area contributed by atoms with Crippen LogP contribution in [-0.4, -0.2) is 40.9 Å². The number of benzene rings is 1. The van der Waals surface area contributed by atoms with Crippen molar-refractivity contribution in [2.45, 2.75) is 30.1 Å². The van der Waals surface area contributed by atoms with Crippen LogP contribution in [0.5, 0.6) is 0 Å². The highest BCUT2D eigenvalue weighted by molar-refractivity contribution is 8.01. The molecule has 1 aromatic rings. The highest BCUT2D eigenvalue weighted by Gasteiger charge is 2.52. The van der Waals surface area contributed by atoms with Crippen molar-refractivity contribution >= 4 is 23.4 Å². The van der Waals surface area contributed by atoms with Crippen molar-refractivity contribution in [1.82, 2.24) is 4.90 Å². The molecule has 1 unspecified atom stereocenters. The molecule has 3 rings (SSSR count). The summed E-state index contributed by atoms with van der Waals surface area (Å²) < 4.78 is -0.0678. The molecule has 3 nitrogen and oxygen atoms in total.